The molecule has 5 nitrogen and oxygen atoms in total. The first-order chi connectivity index (χ1) is 13.9. The normalized spacial score (nSPS) is 12.2. The van der Waals surface area contributed by atoms with E-state index in [0.29, 0.717) is 24.2 Å². The van der Waals surface area contributed by atoms with E-state index in [9.17, 15) is 9.59 Å². The van der Waals surface area contributed by atoms with Crippen LogP contribution in [0, 0.1) is 0 Å². The number of carbonyl (C=O) groups excluding carboxylic acids is 2. The van der Waals surface area contributed by atoms with E-state index >= 15 is 0 Å². The number of benzene rings is 2. The maximum absolute atomic E-state index is 12.6. The van der Waals surface area contributed by atoms with E-state index in [1.807, 2.05) is 48.5 Å². The van der Waals surface area contributed by atoms with Crippen molar-refractivity contribution in [2.24, 2.45) is 0 Å². The highest BCUT2D eigenvalue weighted by Gasteiger charge is 2.19. The molecule has 2 rings (SSSR count). The van der Waals surface area contributed by atoms with Crippen molar-refractivity contribution in [3.05, 3.63) is 71.8 Å². The quantitative estimate of drug-likeness (QED) is 0.644. The molecule has 156 valence electrons. The van der Waals surface area contributed by atoms with E-state index < -0.39 is 0 Å². The largest absolute Gasteiger partial charge is 0.355 e. The van der Waals surface area contributed by atoms with Crippen molar-refractivity contribution in [3.8, 4) is 0 Å². The predicted octanol–water partition coefficient (Wildman–Crippen LogP) is 3.78. The fourth-order valence-electron chi connectivity index (χ4n) is 3.46. The number of rotatable bonds is 10. The van der Waals surface area contributed by atoms with Crippen LogP contribution >= 0.6 is 0 Å². The standard InChI is InChI=1S/C24H33N3O2/c1-18(2)27(19(3)4)16-15-25-23(28)17-22(20-11-7-5-8-12-20)26-24(29)21-13-9-6-10-14-21/h5-14,18-19,22H,15-17H2,1-4H3,(H,25,28)(H,26,29)/t22-/m0/s1. The van der Waals surface area contributed by atoms with Gasteiger partial charge in [-0.25, -0.2) is 0 Å². The summed E-state index contributed by atoms with van der Waals surface area (Å²) in [6.07, 6.45) is 0.200. The molecular formula is C24H33N3O2. The van der Waals surface area contributed by atoms with Crippen LogP contribution in [0.1, 0.15) is 56.1 Å². The molecule has 0 saturated carbocycles. The minimum absolute atomic E-state index is 0.0697. The van der Waals surface area contributed by atoms with Crippen LogP contribution in [0.2, 0.25) is 0 Å². The second-order valence-corrected chi connectivity index (χ2v) is 7.78. The molecule has 0 aliphatic rings. The maximum Gasteiger partial charge on any atom is 0.251 e. The minimum Gasteiger partial charge on any atom is -0.355 e. The Kier molecular flexibility index (Phi) is 8.87. The maximum atomic E-state index is 12.6. The summed E-state index contributed by atoms with van der Waals surface area (Å²) in [6, 6.07) is 19.2. The van der Waals surface area contributed by atoms with Crippen LogP contribution in [0.3, 0.4) is 0 Å². The Bertz CT molecular complexity index is 752. The van der Waals surface area contributed by atoms with Gasteiger partial charge in [0.05, 0.1) is 12.5 Å². The van der Waals surface area contributed by atoms with Crippen LogP contribution < -0.4 is 10.6 Å². The molecule has 0 aromatic heterocycles. The molecule has 0 radical (unpaired) electrons. The van der Waals surface area contributed by atoms with Gasteiger partial charge in [-0.15, -0.1) is 0 Å². The van der Waals surface area contributed by atoms with Crippen molar-refractivity contribution in [2.45, 2.75) is 52.2 Å². The van der Waals surface area contributed by atoms with Gasteiger partial charge in [-0.05, 0) is 45.4 Å². The lowest BCUT2D eigenvalue weighted by atomic mass is 10.0. The molecule has 29 heavy (non-hydrogen) atoms. The van der Waals surface area contributed by atoms with E-state index in [0.717, 1.165) is 12.1 Å². The third-order valence-corrected chi connectivity index (χ3v) is 4.95. The number of hydrogen-bond acceptors (Lipinski definition) is 3. The van der Waals surface area contributed by atoms with Gasteiger partial charge in [-0.2, -0.15) is 0 Å². The van der Waals surface area contributed by atoms with Crippen molar-refractivity contribution < 1.29 is 9.59 Å². The monoisotopic (exact) mass is 395 g/mol. The summed E-state index contributed by atoms with van der Waals surface area (Å²) < 4.78 is 0. The predicted molar refractivity (Wildman–Crippen MR) is 118 cm³/mol. The number of nitrogens with zero attached hydrogens (tertiary/aromatic N) is 1. The Hall–Kier alpha value is -2.66. The van der Waals surface area contributed by atoms with Crippen LogP contribution in [0.15, 0.2) is 60.7 Å². The average molecular weight is 396 g/mol. The lowest BCUT2D eigenvalue weighted by molar-refractivity contribution is -0.121. The molecule has 2 N–H and O–H groups in total. The van der Waals surface area contributed by atoms with Gasteiger partial charge >= 0.3 is 0 Å². The molecule has 0 aliphatic carbocycles. The highest BCUT2D eigenvalue weighted by molar-refractivity contribution is 5.94. The summed E-state index contributed by atoms with van der Waals surface area (Å²) in [4.78, 5) is 27.5. The summed E-state index contributed by atoms with van der Waals surface area (Å²) >= 11 is 0. The van der Waals surface area contributed by atoms with Gasteiger partial charge in [-0.3, -0.25) is 14.5 Å². The SMILES string of the molecule is CC(C)N(CCNC(=O)C[C@H](NC(=O)c1ccccc1)c1ccccc1)C(C)C. The third-order valence-electron chi connectivity index (χ3n) is 4.95. The van der Waals surface area contributed by atoms with Gasteiger partial charge in [0, 0.05) is 30.7 Å². The minimum atomic E-state index is -0.379. The molecule has 0 bridgehead atoms. The zero-order chi connectivity index (χ0) is 21.2. The van der Waals surface area contributed by atoms with Crippen LogP contribution in [0.25, 0.3) is 0 Å². The van der Waals surface area contributed by atoms with Crippen molar-refractivity contribution in [1.82, 2.24) is 15.5 Å². The average Bonchev–Trinajstić information content (AvgIpc) is 2.71. The van der Waals surface area contributed by atoms with Crippen molar-refractivity contribution in [2.75, 3.05) is 13.1 Å². The summed E-state index contributed by atoms with van der Waals surface area (Å²) in [5.74, 6) is -0.252. The lowest BCUT2D eigenvalue weighted by Crippen LogP contribution is -2.43. The van der Waals surface area contributed by atoms with Crippen molar-refractivity contribution in [3.63, 3.8) is 0 Å². The van der Waals surface area contributed by atoms with E-state index in [1.54, 1.807) is 12.1 Å². The fraction of sp³-hybridized carbons (Fsp3) is 0.417. The summed E-state index contributed by atoms with van der Waals surface area (Å²) in [6.45, 7) is 10.0. The molecule has 2 aromatic rings. The lowest BCUT2D eigenvalue weighted by Gasteiger charge is -2.30. The first-order valence-electron chi connectivity index (χ1n) is 10.3. The second kappa shape index (κ2) is 11.4. The fourth-order valence-corrected chi connectivity index (χ4v) is 3.46. The number of amides is 2. The molecular weight excluding hydrogens is 362 g/mol. The molecule has 0 saturated heterocycles. The Balaban J connectivity index is 1.99. The van der Waals surface area contributed by atoms with E-state index in [-0.39, 0.29) is 24.3 Å². The molecule has 0 aliphatic heterocycles. The van der Waals surface area contributed by atoms with Crippen molar-refractivity contribution in [1.29, 1.82) is 0 Å². The molecule has 2 amide bonds. The molecule has 0 heterocycles. The zero-order valence-corrected chi connectivity index (χ0v) is 17.9. The molecule has 0 spiro atoms. The molecule has 2 aromatic carbocycles. The van der Waals surface area contributed by atoms with Crippen LogP contribution in [0.4, 0.5) is 0 Å². The summed E-state index contributed by atoms with van der Waals surface area (Å²) in [5.41, 5.74) is 1.50. The van der Waals surface area contributed by atoms with E-state index in [2.05, 4.69) is 43.2 Å². The topological polar surface area (TPSA) is 61.4 Å². The van der Waals surface area contributed by atoms with Crippen molar-refractivity contribution >= 4 is 11.8 Å². The van der Waals surface area contributed by atoms with Gasteiger partial charge < -0.3 is 10.6 Å². The van der Waals surface area contributed by atoms with Gasteiger partial charge in [0.2, 0.25) is 5.91 Å². The molecule has 0 fully saturated rings. The molecule has 5 heteroatoms. The highest BCUT2D eigenvalue weighted by Crippen LogP contribution is 2.17. The second-order valence-electron chi connectivity index (χ2n) is 7.78. The van der Waals surface area contributed by atoms with Gasteiger partial charge in [0.1, 0.15) is 0 Å². The first-order valence-corrected chi connectivity index (χ1v) is 10.3. The Labute approximate surface area is 174 Å². The number of nitrogens with one attached hydrogen (secondary N) is 2. The van der Waals surface area contributed by atoms with E-state index in [4.69, 9.17) is 0 Å². The third kappa shape index (κ3) is 7.35. The first kappa shape index (κ1) is 22.6. The summed E-state index contributed by atoms with van der Waals surface area (Å²) in [7, 11) is 0. The number of hydrogen-bond donors (Lipinski definition) is 2. The van der Waals surface area contributed by atoms with Gasteiger partial charge in [0.15, 0.2) is 0 Å². The summed E-state index contributed by atoms with van der Waals surface area (Å²) in [5, 5.41) is 6.01. The van der Waals surface area contributed by atoms with Crippen LogP contribution in [0.5, 0.6) is 0 Å². The molecule has 1 atom stereocenters. The molecule has 0 unspecified atom stereocenters. The van der Waals surface area contributed by atoms with Crippen LogP contribution in [-0.4, -0.2) is 41.9 Å². The highest BCUT2D eigenvalue weighted by atomic mass is 16.2. The van der Waals surface area contributed by atoms with Gasteiger partial charge in [0.25, 0.3) is 5.91 Å². The Morgan fingerprint density at radius 1 is 0.862 bits per heavy atom. The Morgan fingerprint density at radius 3 is 1.97 bits per heavy atom. The van der Waals surface area contributed by atoms with Crippen LogP contribution in [-0.2, 0) is 4.79 Å². The Morgan fingerprint density at radius 2 is 1.41 bits per heavy atom. The smallest absolute Gasteiger partial charge is 0.251 e. The van der Waals surface area contributed by atoms with E-state index in [1.165, 1.54) is 0 Å². The zero-order valence-electron chi connectivity index (χ0n) is 17.9. The van der Waals surface area contributed by atoms with Gasteiger partial charge in [-0.1, -0.05) is 48.5 Å². The number of carbonyl (C=O) groups is 2.